The van der Waals surface area contributed by atoms with E-state index in [0.29, 0.717) is 11.1 Å². The average molecular weight is 325 g/mol. The molecule has 0 spiro atoms. The molecule has 1 aromatic carbocycles. The van der Waals surface area contributed by atoms with Crippen LogP contribution < -0.4 is 11.0 Å². The highest BCUT2D eigenvalue weighted by Gasteiger charge is 2.37. The van der Waals surface area contributed by atoms with E-state index in [1.807, 2.05) is 0 Å². The summed E-state index contributed by atoms with van der Waals surface area (Å²) in [5, 5.41) is 2.85. The van der Waals surface area contributed by atoms with Crippen LogP contribution in [0.5, 0.6) is 0 Å². The molecule has 0 unspecified atom stereocenters. The van der Waals surface area contributed by atoms with Crippen molar-refractivity contribution in [1.29, 1.82) is 0 Å². The van der Waals surface area contributed by atoms with Crippen LogP contribution in [0.3, 0.4) is 0 Å². The molecule has 2 heterocycles. The van der Waals surface area contributed by atoms with Crippen LogP contribution in [0, 0.1) is 5.82 Å². The minimum atomic E-state index is -4.67. The van der Waals surface area contributed by atoms with Gasteiger partial charge in [0.2, 0.25) is 0 Å². The van der Waals surface area contributed by atoms with Gasteiger partial charge in [-0.2, -0.15) is 18.2 Å². The topological polar surface area (TPSA) is 57.8 Å². The smallest absolute Gasteiger partial charge is 0.308 e. The summed E-state index contributed by atoms with van der Waals surface area (Å²) in [5.41, 5.74) is -1.19. The number of rotatable bonds is 1. The van der Waals surface area contributed by atoms with E-state index < -0.39 is 23.4 Å². The van der Waals surface area contributed by atoms with Gasteiger partial charge in [-0.1, -0.05) is 12.1 Å². The predicted octanol–water partition coefficient (Wildman–Crippen LogP) is 2.57. The van der Waals surface area contributed by atoms with Gasteiger partial charge in [-0.15, -0.1) is 0 Å². The lowest BCUT2D eigenvalue weighted by molar-refractivity contribution is -0.142. The molecule has 2 N–H and O–H groups in total. The van der Waals surface area contributed by atoms with Gasteiger partial charge in [0.05, 0.1) is 5.69 Å². The van der Waals surface area contributed by atoms with E-state index in [-0.39, 0.29) is 24.3 Å². The van der Waals surface area contributed by atoms with E-state index in [0.717, 1.165) is 0 Å². The van der Waals surface area contributed by atoms with Gasteiger partial charge >= 0.3 is 11.9 Å². The first-order valence-corrected chi connectivity index (χ1v) is 6.72. The Kier molecular flexibility index (Phi) is 3.77. The number of hydrogen-bond donors (Lipinski definition) is 2. The summed E-state index contributed by atoms with van der Waals surface area (Å²) in [7, 11) is 0. The zero-order chi connectivity index (χ0) is 16.6. The normalized spacial score (nSPS) is 16.4. The average Bonchev–Trinajstić information content (AvgIpc) is 2.48. The molecular formula is C15H11F4N3O. The van der Waals surface area contributed by atoms with Crippen molar-refractivity contribution >= 4 is 11.6 Å². The number of alkyl halides is 3. The summed E-state index contributed by atoms with van der Waals surface area (Å²) in [5.74, 6) is -0.414. The Labute approximate surface area is 127 Å². The highest BCUT2D eigenvalue weighted by molar-refractivity contribution is 5.83. The Bertz CT molecular complexity index is 822. The van der Waals surface area contributed by atoms with Crippen molar-refractivity contribution in [3.05, 3.63) is 63.1 Å². The minimum absolute atomic E-state index is 0.0177. The molecule has 0 saturated heterocycles. The van der Waals surface area contributed by atoms with Crippen LogP contribution in [-0.2, 0) is 12.7 Å². The van der Waals surface area contributed by atoms with Gasteiger partial charge in [-0.3, -0.25) is 0 Å². The molecule has 0 fully saturated rings. The van der Waals surface area contributed by atoms with E-state index in [9.17, 15) is 22.4 Å². The van der Waals surface area contributed by atoms with Gasteiger partial charge in [0.25, 0.3) is 0 Å². The number of aromatic nitrogens is 2. The highest BCUT2D eigenvalue weighted by Crippen LogP contribution is 2.33. The van der Waals surface area contributed by atoms with Gasteiger partial charge in [-0.25, -0.2) is 9.18 Å². The first kappa shape index (κ1) is 15.4. The summed E-state index contributed by atoms with van der Waals surface area (Å²) >= 11 is 0. The molecule has 0 radical (unpaired) electrons. The minimum Gasteiger partial charge on any atom is -0.308 e. The van der Waals surface area contributed by atoms with Crippen LogP contribution in [0.15, 0.2) is 29.1 Å². The van der Waals surface area contributed by atoms with E-state index >= 15 is 0 Å². The number of aromatic amines is 1. The summed E-state index contributed by atoms with van der Waals surface area (Å²) in [4.78, 5) is 16.9. The van der Waals surface area contributed by atoms with E-state index in [1.165, 1.54) is 24.3 Å². The molecule has 0 saturated carbocycles. The molecule has 0 amide bonds. The molecule has 1 aromatic heterocycles. The monoisotopic (exact) mass is 325 g/mol. The van der Waals surface area contributed by atoms with Gasteiger partial charge in [0, 0.05) is 18.7 Å². The lowest BCUT2D eigenvalue weighted by Gasteiger charge is -2.22. The van der Waals surface area contributed by atoms with Gasteiger partial charge in [0.1, 0.15) is 11.5 Å². The van der Waals surface area contributed by atoms with Gasteiger partial charge in [0.15, 0.2) is 0 Å². The van der Waals surface area contributed by atoms with Crippen LogP contribution in [0.25, 0.3) is 11.6 Å². The summed E-state index contributed by atoms with van der Waals surface area (Å²) in [6.07, 6.45) is -3.09. The molecule has 8 heteroatoms. The van der Waals surface area contributed by atoms with Crippen molar-refractivity contribution < 1.29 is 17.6 Å². The molecule has 2 aromatic rings. The molecule has 1 aliphatic rings. The van der Waals surface area contributed by atoms with E-state index in [4.69, 9.17) is 0 Å². The standard InChI is InChI=1S/C15H11F4N3O/c16-10-3-1-8(2-4-10)5-9-6-20-7-11-12(9)21-14(23)22-13(11)15(17,18)19/h1-5,20H,6-7H2,(H,21,22,23)/b9-5-. The SMILES string of the molecule is O=c1nc2c(c(C(F)(F)F)[nH]1)CNC/C2=C/c1ccc(F)cc1. The number of hydrogen-bond acceptors (Lipinski definition) is 3. The Morgan fingerprint density at radius 1 is 1.13 bits per heavy atom. The van der Waals surface area contributed by atoms with Crippen molar-refractivity contribution in [2.24, 2.45) is 0 Å². The quantitative estimate of drug-likeness (QED) is 0.793. The number of fused-ring (bicyclic) bond motifs is 1. The number of nitrogens with one attached hydrogen (secondary N) is 2. The molecule has 0 aliphatic carbocycles. The van der Waals surface area contributed by atoms with Gasteiger partial charge < -0.3 is 10.3 Å². The van der Waals surface area contributed by atoms with Crippen LogP contribution in [0.2, 0.25) is 0 Å². The maximum Gasteiger partial charge on any atom is 0.431 e. The second-order valence-corrected chi connectivity index (χ2v) is 5.07. The van der Waals surface area contributed by atoms with E-state index in [1.54, 1.807) is 11.1 Å². The molecule has 3 rings (SSSR count). The maximum atomic E-state index is 13.1. The number of benzene rings is 1. The number of halogens is 4. The van der Waals surface area contributed by atoms with Crippen molar-refractivity contribution in [2.75, 3.05) is 6.54 Å². The first-order chi connectivity index (χ1) is 10.8. The number of H-pyrrole nitrogens is 1. The van der Waals surface area contributed by atoms with Crippen molar-refractivity contribution in [3.63, 3.8) is 0 Å². The predicted molar refractivity (Wildman–Crippen MR) is 75.8 cm³/mol. The zero-order valence-electron chi connectivity index (χ0n) is 11.7. The van der Waals surface area contributed by atoms with Gasteiger partial charge in [-0.05, 0) is 29.3 Å². The largest absolute Gasteiger partial charge is 0.431 e. The Balaban J connectivity index is 2.14. The highest BCUT2D eigenvalue weighted by atomic mass is 19.4. The second kappa shape index (κ2) is 5.62. The lowest BCUT2D eigenvalue weighted by Crippen LogP contribution is -2.32. The fraction of sp³-hybridized carbons (Fsp3) is 0.200. The van der Waals surface area contributed by atoms with Crippen LogP contribution in [0.4, 0.5) is 17.6 Å². The molecule has 1 aliphatic heterocycles. The Hall–Kier alpha value is -2.48. The molecular weight excluding hydrogens is 314 g/mol. The summed E-state index contributed by atoms with van der Waals surface area (Å²) < 4.78 is 52.1. The van der Waals surface area contributed by atoms with E-state index in [2.05, 4.69) is 10.3 Å². The van der Waals surface area contributed by atoms with Crippen molar-refractivity contribution in [3.8, 4) is 0 Å². The molecule has 4 nitrogen and oxygen atoms in total. The summed E-state index contributed by atoms with van der Waals surface area (Å²) in [6.45, 7) is 0.215. The van der Waals surface area contributed by atoms with Crippen LogP contribution in [-0.4, -0.2) is 16.5 Å². The third kappa shape index (κ3) is 3.16. The second-order valence-electron chi connectivity index (χ2n) is 5.07. The van der Waals surface area contributed by atoms with Crippen LogP contribution in [0.1, 0.15) is 22.5 Å². The fourth-order valence-corrected chi connectivity index (χ4v) is 2.46. The summed E-state index contributed by atoms with van der Waals surface area (Å²) in [6, 6.07) is 5.48. The molecule has 120 valence electrons. The van der Waals surface area contributed by atoms with Crippen molar-refractivity contribution in [1.82, 2.24) is 15.3 Å². The number of nitrogens with zero attached hydrogens (tertiary/aromatic N) is 1. The molecule has 23 heavy (non-hydrogen) atoms. The fourth-order valence-electron chi connectivity index (χ4n) is 2.46. The third-order valence-electron chi connectivity index (χ3n) is 3.45. The molecule has 0 bridgehead atoms. The van der Waals surface area contributed by atoms with Crippen LogP contribution >= 0.6 is 0 Å². The Morgan fingerprint density at radius 3 is 2.48 bits per heavy atom. The lowest BCUT2D eigenvalue weighted by atomic mass is 9.98. The first-order valence-electron chi connectivity index (χ1n) is 6.72. The van der Waals surface area contributed by atoms with Crippen molar-refractivity contribution in [2.45, 2.75) is 12.7 Å². The maximum absolute atomic E-state index is 13.1. The third-order valence-corrected chi connectivity index (χ3v) is 3.45. The zero-order valence-corrected chi connectivity index (χ0v) is 11.7. The Morgan fingerprint density at radius 2 is 1.83 bits per heavy atom. The molecule has 0 atom stereocenters.